The van der Waals surface area contributed by atoms with Gasteiger partial charge in [0.05, 0.1) is 17.2 Å². The van der Waals surface area contributed by atoms with Gasteiger partial charge in [0.2, 0.25) is 15.9 Å². The first-order valence-corrected chi connectivity index (χ1v) is 16.8. The zero-order valence-electron chi connectivity index (χ0n) is 23.2. The lowest BCUT2D eigenvalue weighted by molar-refractivity contribution is -0.130. The van der Waals surface area contributed by atoms with Gasteiger partial charge in [0.1, 0.15) is 0 Å². The van der Waals surface area contributed by atoms with Crippen molar-refractivity contribution in [3.05, 3.63) is 29.8 Å². The molecule has 0 saturated carbocycles. The Bertz CT molecular complexity index is 1060. The number of unbranched alkanes of at least 4 members (excludes halogenated alkanes) is 1. The molecule has 0 aliphatic carbocycles. The molecule has 1 atom stereocenters. The van der Waals surface area contributed by atoms with Crippen LogP contribution in [0.1, 0.15) is 45.1 Å². The van der Waals surface area contributed by atoms with Crippen LogP contribution in [0.15, 0.2) is 29.2 Å². The third kappa shape index (κ3) is 10.6. The molecule has 2 rings (SSSR count). The third-order valence-corrected chi connectivity index (χ3v) is 9.76. The van der Waals surface area contributed by atoms with E-state index < -0.39 is 19.9 Å². The molecular weight excluding hydrogens is 512 g/mol. The predicted octanol–water partition coefficient (Wildman–Crippen LogP) is 1.94. The van der Waals surface area contributed by atoms with Crippen LogP contribution in [-0.4, -0.2) is 120 Å². The van der Waals surface area contributed by atoms with Gasteiger partial charge in [-0.25, -0.2) is 16.8 Å². The first kappa shape index (κ1) is 31.7. The van der Waals surface area contributed by atoms with E-state index in [1.54, 1.807) is 12.1 Å². The lowest BCUT2D eigenvalue weighted by Gasteiger charge is -2.29. The van der Waals surface area contributed by atoms with Crippen LogP contribution < -0.4 is 0 Å². The molecule has 1 aromatic carbocycles. The summed E-state index contributed by atoms with van der Waals surface area (Å²) < 4.78 is 50.1. The van der Waals surface area contributed by atoms with Crippen LogP contribution in [0, 0.1) is 0 Å². The van der Waals surface area contributed by atoms with E-state index in [0.717, 1.165) is 44.3 Å². The van der Waals surface area contributed by atoms with Crippen molar-refractivity contribution in [2.24, 2.45) is 0 Å². The highest BCUT2D eigenvalue weighted by atomic mass is 32.2. The van der Waals surface area contributed by atoms with Crippen molar-refractivity contribution in [2.75, 3.05) is 71.9 Å². The number of rotatable bonds is 15. The summed E-state index contributed by atoms with van der Waals surface area (Å²) in [5.41, 5.74) is 1.11. The van der Waals surface area contributed by atoms with Crippen molar-refractivity contribution >= 4 is 25.8 Å². The maximum atomic E-state index is 12.8. The SMILES string of the molecule is CCCN(CCCCN1CCCN(S(=O)(=O)CCN(C)C)CC1=O)C(C)Cc1ccc(S(C)(=O)=O)cc1. The highest BCUT2D eigenvalue weighted by Gasteiger charge is 2.29. The Balaban J connectivity index is 1.84. The molecule has 1 aliphatic rings. The minimum atomic E-state index is -3.44. The van der Waals surface area contributed by atoms with Crippen LogP contribution >= 0.6 is 0 Å². The smallest absolute Gasteiger partial charge is 0.237 e. The highest BCUT2D eigenvalue weighted by molar-refractivity contribution is 7.90. The number of amides is 1. The van der Waals surface area contributed by atoms with Crippen LogP contribution in [-0.2, 0) is 31.1 Å². The fourth-order valence-corrected chi connectivity index (χ4v) is 6.79. The average Bonchev–Trinajstić information content (AvgIpc) is 3.01. The first-order chi connectivity index (χ1) is 17.3. The monoisotopic (exact) mass is 558 g/mol. The number of hydrogen-bond donors (Lipinski definition) is 0. The van der Waals surface area contributed by atoms with Gasteiger partial charge in [0.25, 0.3) is 0 Å². The molecule has 0 bridgehead atoms. The number of sulfone groups is 1. The maximum absolute atomic E-state index is 12.8. The standard InChI is InChI=1S/C26H46N4O5S2/c1-6-14-28(23(2)21-24-10-12-25(13-11-24)36(5,32)33)15-7-8-16-29-17-9-18-30(22-26(29)31)37(34,35)20-19-27(3)4/h10-13,23H,6-9,14-22H2,1-5H3. The zero-order valence-corrected chi connectivity index (χ0v) is 24.9. The van der Waals surface area contributed by atoms with Crippen LogP contribution in [0.5, 0.6) is 0 Å². The Morgan fingerprint density at radius 1 is 0.973 bits per heavy atom. The summed E-state index contributed by atoms with van der Waals surface area (Å²) in [6.45, 7) is 8.27. The second-order valence-electron chi connectivity index (χ2n) is 10.4. The van der Waals surface area contributed by atoms with Gasteiger partial charge < -0.3 is 14.7 Å². The molecule has 0 aromatic heterocycles. The van der Waals surface area contributed by atoms with Crippen LogP contribution in [0.3, 0.4) is 0 Å². The van der Waals surface area contributed by atoms with E-state index in [9.17, 15) is 21.6 Å². The quantitative estimate of drug-likeness (QED) is 0.304. The summed E-state index contributed by atoms with van der Waals surface area (Å²) in [6, 6.07) is 7.45. The largest absolute Gasteiger partial charge is 0.342 e. The predicted molar refractivity (Wildman–Crippen MR) is 149 cm³/mol. The maximum Gasteiger partial charge on any atom is 0.237 e. The fourth-order valence-electron chi connectivity index (χ4n) is 4.59. The van der Waals surface area contributed by atoms with Crippen LogP contribution in [0.2, 0.25) is 0 Å². The van der Waals surface area contributed by atoms with E-state index in [0.29, 0.717) is 43.5 Å². The molecule has 0 N–H and O–H groups in total. The van der Waals surface area contributed by atoms with Gasteiger partial charge in [0.15, 0.2) is 9.84 Å². The summed E-state index contributed by atoms with van der Waals surface area (Å²) in [4.78, 5) is 19.2. The molecule has 1 aromatic rings. The molecule has 1 amide bonds. The Labute approximate surface area is 224 Å². The number of sulfonamides is 1. The molecule has 37 heavy (non-hydrogen) atoms. The Hall–Kier alpha value is -1.53. The minimum absolute atomic E-state index is 0.0283. The van der Waals surface area contributed by atoms with Gasteiger partial charge in [-0.05, 0) is 83.9 Å². The topological polar surface area (TPSA) is 98.3 Å². The summed E-state index contributed by atoms with van der Waals surface area (Å²) in [5.74, 6) is -0.0807. The van der Waals surface area contributed by atoms with Crippen molar-refractivity contribution < 1.29 is 21.6 Å². The first-order valence-electron chi connectivity index (χ1n) is 13.3. The summed E-state index contributed by atoms with van der Waals surface area (Å²) in [7, 11) is -2.95. The van der Waals surface area contributed by atoms with Gasteiger partial charge in [-0.2, -0.15) is 4.31 Å². The number of carbonyl (C=O) groups excluding carboxylic acids is 1. The fraction of sp³-hybridized carbons (Fsp3) is 0.731. The van der Waals surface area contributed by atoms with Crippen molar-refractivity contribution in [3.63, 3.8) is 0 Å². The molecule has 1 aliphatic heterocycles. The zero-order chi connectivity index (χ0) is 27.6. The molecule has 1 unspecified atom stereocenters. The molecule has 0 spiro atoms. The normalized spacial score (nSPS) is 16.9. The van der Waals surface area contributed by atoms with Gasteiger partial charge >= 0.3 is 0 Å². The molecular formula is C26H46N4O5S2. The van der Waals surface area contributed by atoms with E-state index in [1.165, 1.54) is 10.6 Å². The van der Waals surface area contributed by atoms with E-state index in [2.05, 4.69) is 18.7 Å². The molecule has 1 saturated heterocycles. The van der Waals surface area contributed by atoms with Crippen LogP contribution in [0.25, 0.3) is 0 Å². The van der Waals surface area contributed by atoms with Crippen molar-refractivity contribution in [1.82, 2.24) is 19.0 Å². The van der Waals surface area contributed by atoms with Gasteiger partial charge in [0, 0.05) is 38.5 Å². The van der Waals surface area contributed by atoms with Crippen molar-refractivity contribution in [1.29, 1.82) is 0 Å². The highest BCUT2D eigenvalue weighted by Crippen LogP contribution is 2.15. The van der Waals surface area contributed by atoms with Crippen molar-refractivity contribution in [3.8, 4) is 0 Å². The van der Waals surface area contributed by atoms with Gasteiger partial charge in [-0.1, -0.05) is 19.1 Å². The lowest BCUT2D eigenvalue weighted by Crippen LogP contribution is -2.42. The number of benzene rings is 1. The molecule has 0 radical (unpaired) electrons. The Morgan fingerprint density at radius 2 is 1.65 bits per heavy atom. The molecule has 212 valence electrons. The van der Waals surface area contributed by atoms with E-state index in [4.69, 9.17) is 0 Å². The number of carbonyl (C=O) groups is 1. The molecule has 1 fully saturated rings. The van der Waals surface area contributed by atoms with Crippen molar-refractivity contribution in [2.45, 2.75) is 56.9 Å². The summed E-state index contributed by atoms with van der Waals surface area (Å²) >= 11 is 0. The number of hydrogen-bond acceptors (Lipinski definition) is 7. The second-order valence-corrected chi connectivity index (χ2v) is 14.5. The van der Waals surface area contributed by atoms with E-state index in [1.807, 2.05) is 36.0 Å². The minimum Gasteiger partial charge on any atom is -0.342 e. The second kappa shape index (κ2) is 14.6. The van der Waals surface area contributed by atoms with Crippen LogP contribution in [0.4, 0.5) is 0 Å². The average molecular weight is 559 g/mol. The van der Waals surface area contributed by atoms with E-state index >= 15 is 0 Å². The third-order valence-electron chi connectivity index (χ3n) is 6.83. The molecule has 9 nitrogen and oxygen atoms in total. The Kier molecular flexibility index (Phi) is 12.5. The Morgan fingerprint density at radius 3 is 2.24 bits per heavy atom. The molecule has 11 heteroatoms. The summed E-state index contributed by atoms with van der Waals surface area (Å²) in [6.07, 6.45) is 5.58. The molecule has 1 heterocycles. The summed E-state index contributed by atoms with van der Waals surface area (Å²) in [5, 5.41) is 0. The number of nitrogens with zero attached hydrogens (tertiary/aromatic N) is 4. The lowest BCUT2D eigenvalue weighted by atomic mass is 10.1. The van der Waals surface area contributed by atoms with Gasteiger partial charge in [-0.3, -0.25) is 4.79 Å². The van der Waals surface area contributed by atoms with Gasteiger partial charge in [-0.15, -0.1) is 0 Å². The van der Waals surface area contributed by atoms with E-state index in [-0.39, 0.29) is 18.2 Å².